The lowest BCUT2D eigenvalue weighted by molar-refractivity contribution is 0.714. The molecule has 0 bridgehead atoms. The molecule has 4 heteroatoms. The highest BCUT2D eigenvalue weighted by Gasteiger charge is 2.43. The zero-order valence-electron chi connectivity index (χ0n) is 13.8. The second-order valence-electron chi connectivity index (χ2n) is 6.67. The molecule has 0 spiro atoms. The number of nitrogens with one attached hydrogen (secondary N) is 1. The average Bonchev–Trinajstić information content (AvgIpc) is 3.20. The van der Waals surface area contributed by atoms with Gasteiger partial charge < -0.3 is 10.2 Å². The first kappa shape index (κ1) is 14.8. The molecule has 0 unspecified atom stereocenters. The fraction of sp³-hybridized carbons (Fsp3) is 0.444. The summed E-state index contributed by atoms with van der Waals surface area (Å²) in [5.41, 5.74) is 3.92. The maximum atomic E-state index is 4.66. The number of hydrogen-bond acceptors (Lipinski definition) is 4. The summed E-state index contributed by atoms with van der Waals surface area (Å²) in [6, 6.07) is 8.75. The van der Waals surface area contributed by atoms with Gasteiger partial charge in [0.25, 0.3) is 0 Å². The summed E-state index contributed by atoms with van der Waals surface area (Å²) in [5, 5.41) is 3.57. The van der Waals surface area contributed by atoms with Crippen LogP contribution in [0, 0.1) is 13.8 Å². The molecule has 0 saturated heterocycles. The molecule has 3 rings (SSSR count). The second kappa shape index (κ2) is 5.59. The molecule has 1 saturated carbocycles. The highest BCUT2D eigenvalue weighted by Crippen LogP contribution is 2.41. The Labute approximate surface area is 132 Å². The van der Waals surface area contributed by atoms with Gasteiger partial charge in [-0.25, -0.2) is 4.98 Å². The molecule has 1 fully saturated rings. The highest BCUT2D eigenvalue weighted by molar-refractivity contribution is 5.49. The van der Waals surface area contributed by atoms with Crippen LogP contribution >= 0.6 is 0 Å². The van der Waals surface area contributed by atoms with Crippen molar-refractivity contribution in [1.82, 2.24) is 9.97 Å². The number of aryl methyl sites for hydroxylation is 2. The van der Waals surface area contributed by atoms with Crippen LogP contribution in [0.3, 0.4) is 0 Å². The largest absolute Gasteiger partial charge is 0.362 e. The summed E-state index contributed by atoms with van der Waals surface area (Å²) in [6.45, 7) is 4.18. The summed E-state index contributed by atoms with van der Waals surface area (Å²) in [4.78, 5) is 11.1. The second-order valence-corrected chi connectivity index (χ2v) is 6.67. The lowest BCUT2D eigenvalue weighted by Gasteiger charge is -2.20. The Morgan fingerprint density at radius 1 is 1.23 bits per heavy atom. The van der Waals surface area contributed by atoms with Gasteiger partial charge in [-0.3, -0.25) is 0 Å². The van der Waals surface area contributed by atoms with E-state index in [0.29, 0.717) is 0 Å². The number of aromatic nitrogens is 2. The topological polar surface area (TPSA) is 41.1 Å². The normalized spacial score (nSPS) is 15.5. The Morgan fingerprint density at radius 2 is 2.00 bits per heavy atom. The Balaban J connectivity index is 1.76. The van der Waals surface area contributed by atoms with Crippen LogP contribution in [0.1, 0.15) is 29.5 Å². The molecule has 22 heavy (non-hydrogen) atoms. The molecule has 0 atom stereocenters. The molecular weight excluding hydrogens is 272 g/mol. The van der Waals surface area contributed by atoms with Crippen molar-refractivity contribution >= 4 is 11.8 Å². The third-order valence-electron chi connectivity index (χ3n) is 4.22. The van der Waals surface area contributed by atoms with E-state index in [0.717, 1.165) is 23.8 Å². The number of benzene rings is 1. The zero-order chi connectivity index (χ0) is 15.7. The zero-order valence-corrected chi connectivity index (χ0v) is 13.8. The van der Waals surface area contributed by atoms with Crippen LogP contribution in [0.4, 0.5) is 11.8 Å². The Hall–Kier alpha value is -2.10. The van der Waals surface area contributed by atoms with Gasteiger partial charge in [0.1, 0.15) is 5.82 Å². The summed E-state index contributed by atoms with van der Waals surface area (Å²) in [5.74, 6) is 1.71. The first-order chi connectivity index (χ1) is 10.5. The molecule has 1 aliphatic carbocycles. The molecule has 2 aromatic rings. The number of hydrogen-bond donors (Lipinski definition) is 1. The van der Waals surface area contributed by atoms with Gasteiger partial charge in [-0.15, -0.1) is 0 Å². The lowest BCUT2D eigenvalue weighted by Crippen LogP contribution is -2.26. The predicted octanol–water partition coefficient (Wildman–Crippen LogP) is 3.35. The van der Waals surface area contributed by atoms with E-state index in [-0.39, 0.29) is 5.54 Å². The molecule has 1 aromatic heterocycles. The average molecular weight is 296 g/mol. The minimum absolute atomic E-state index is 0.132. The van der Waals surface area contributed by atoms with E-state index in [4.69, 9.17) is 0 Å². The molecule has 1 heterocycles. The van der Waals surface area contributed by atoms with Crippen molar-refractivity contribution in [3.63, 3.8) is 0 Å². The quantitative estimate of drug-likeness (QED) is 0.918. The fourth-order valence-electron chi connectivity index (χ4n) is 2.89. The van der Waals surface area contributed by atoms with Crippen molar-refractivity contribution in [1.29, 1.82) is 0 Å². The molecule has 4 nitrogen and oxygen atoms in total. The maximum absolute atomic E-state index is 4.66. The summed E-state index contributed by atoms with van der Waals surface area (Å²) in [7, 11) is 4.03. The van der Waals surface area contributed by atoms with Gasteiger partial charge in [-0.05, 0) is 38.7 Å². The Morgan fingerprint density at radius 3 is 2.64 bits per heavy atom. The highest BCUT2D eigenvalue weighted by atomic mass is 15.2. The van der Waals surface area contributed by atoms with Crippen molar-refractivity contribution in [3.05, 3.63) is 47.2 Å². The van der Waals surface area contributed by atoms with Crippen molar-refractivity contribution in [3.8, 4) is 0 Å². The van der Waals surface area contributed by atoms with Crippen molar-refractivity contribution in [2.24, 2.45) is 0 Å². The first-order valence-corrected chi connectivity index (χ1v) is 7.82. The molecule has 1 aliphatic rings. The van der Waals surface area contributed by atoms with Gasteiger partial charge in [-0.1, -0.05) is 29.8 Å². The van der Waals surface area contributed by atoms with E-state index in [1.54, 1.807) is 0 Å². The molecule has 0 amide bonds. The van der Waals surface area contributed by atoms with Gasteiger partial charge in [0, 0.05) is 31.4 Å². The Bertz CT molecular complexity index is 675. The van der Waals surface area contributed by atoms with Crippen LogP contribution < -0.4 is 10.2 Å². The lowest BCUT2D eigenvalue weighted by atomic mass is 10.0. The number of nitrogens with zero attached hydrogens (tertiary/aromatic N) is 3. The monoisotopic (exact) mass is 296 g/mol. The van der Waals surface area contributed by atoms with Gasteiger partial charge in [-0.2, -0.15) is 4.98 Å². The van der Waals surface area contributed by atoms with Crippen LogP contribution in [0.25, 0.3) is 0 Å². The van der Waals surface area contributed by atoms with Crippen molar-refractivity contribution in [2.75, 3.05) is 24.3 Å². The van der Waals surface area contributed by atoms with E-state index in [1.807, 2.05) is 32.1 Å². The van der Waals surface area contributed by atoms with E-state index in [9.17, 15) is 0 Å². The third kappa shape index (κ3) is 3.21. The molecule has 1 N–H and O–H groups in total. The minimum atomic E-state index is 0.132. The van der Waals surface area contributed by atoms with E-state index in [1.165, 1.54) is 24.0 Å². The van der Waals surface area contributed by atoms with Crippen molar-refractivity contribution in [2.45, 2.75) is 38.6 Å². The summed E-state index contributed by atoms with van der Waals surface area (Å²) in [6.07, 6.45) is 5.28. The number of anilines is 2. The van der Waals surface area contributed by atoms with Crippen LogP contribution in [0.5, 0.6) is 0 Å². The molecule has 116 valence electrons. The molecule has 1 aromatic carbocycles. The van der Waals surface area contributed by atoms with Gasteiger partial charge >= 0.3 is 0 Å². The van der Waals surface area contributed by atoms with Crippen LogP contribution in [-0.2, 0) is 6.42 Å². The molecule has 0 aliphatic heterocycles. The van der Waals surface area contributed by atoms with Gasteiger partial charge in [0.05, 0.1) is 0 Å². The first-order valence-electron chi connectivity index (χ1n) is 7.82. The minimum Gasteiger partial charge on any atom is -0.362 e. The molecular formula is C18H24N4. The van der Waals surface area contributed by atoms with Crippen LogP contribution in [0.15, 0.2) is 30.5 Å². The van der Waals surface area contributed by atoms with Gasteiger partial charge in [0.15, 0.2) is 0 Å². The molecule has 0 radical (unpaired) electrons. The fourth-order valence-corrected chi connectivity index (χ4v) is 2.89. The summed E-state index contributed by atoms with van der Waals surface area (Å²) >= 11 is 0. The standard InChI is InChI=1S/C18H24N4/c1-13-6-5-7-15(10-13)11-18(8-9-18)21-17-19-12-14(2)16(20-17)22(3)4/h5-7,10,12H,8-9,11H2,1-4H3,(H,19,20,21). The Kier molecular flexibility index (Phi) is 3.77. The van der Waals surface area contributed by atoms with Gasteiger partial charge in [0.2, 0.25) is 5.95 Å². The van der Waals surface area contributed by atoms with Crippen molar-refractivity contribution < 1.29 is 0 Å². The van der Waals surface area contributed by atoms with E-state index < -0.39 is 0 Å². The maximum Gasteiger partial charge on any atom is 0.225 e. The number of rotatable bonds is 5. The van der Waals surface area contributed by atoms with E-state index in [2.05, 4.69) is 46.5 Å². The summed E-state index contributed by atoms with van der Waals surface area (Å²) < 4.78 is 0. The van der Waals surface area contributed by atoms with Crippen LogP contribution in [-0.4, -0.2) is 29.6 Å². The van der Waals surface area contributed by atoms with Crippen LogP contribution in [0.2, 0.25) is 0 Å². The smallest absolute Gasteiger partial charge is 0.225 e. The predicted molar refractivity (Wildman–Crippen MR) is 91.6 cm³/mol. The third-order valence-corrected chi connectivity index (χ3v) is 4.22. The van der Waals surface area contributed by atoms with E-state index >= 15 is 0 Å². The SMILES string of the molecule is Cc1cccc(CC2(Nc3ncc(C)c(N(C)C)n3)CC2)c1.